The molecule has 0 saturated carbocycles. The minimum absolute atomic E-state index is 0.126. The first-order valence-electron chi connectivity index (χ1n) is 6.87. The number of nitrogens with one attached hydrogen (secondary N) is 1. The van der Waals surface area contributed by atoms with Crippen LogP contribution in [0.25, 0.3) is 10.2 Å². The Kier molecular flexibility index (Phi) is 4.01. The lowest BCUT2D eigenvalue weighted by Gasteiger charge is -2.09. The molecule has 0 aliphatic carbocycles. The van der Waals surface area contributed by atoms with Gasteiger partial charge in [-0.1, -0.05) is 27.3 Å². The summed E-state index contributed by atoms with van der Waals surface area (Å²) in [6.45, 7) is 5.88. The van der Waals surface area contributed by atoms with Crippen molar-refractivity contribution in [2.75, 3.05) is 5.32 Å². The van der Waals surface area contributed by atoms with E-state index >= 15 is 0 Å². The highest BCUT2D eigenvalue weighted by atomic mass is 79.9. The number of hydrogen-bond acceptors (Lipinski definition) is 4. The van der Waals surface area contributed by atoms with E-state index in [0.717, 1.165) is 20.4 Å². The van der Waals surface area contributed by atoms with Crippen LogP contribution in [0.3, 0.4) is 0 Å². The molecule has 3 aromatic rings. The number of aryl methyl sites for hydroxylation is 1. The SMILES string of the molecule is Cc1cc(C(=O)Nc2nc3ccc(Br)cc3s2)n(C(C)C)n1. The smallest absolute Gasteiger partial charge is 0.275 e. The summed E-state index contributed by atoms with van der Waals surface area (Å²) in [5, 5.41) is 7.82. The van der Waals surface area contributed by atoms with Gasteiger partial charge in [0.2, 0.25) is 0 Å². The Morgan fingerprint density at radius 2 is 2.14 bits per heavy atom. The summed E-state index contributed by atoms with van der Waals surface area (Å²) >= 11 is 4.89. The fourth-order valence-electron chi connectivity index (χ4n) is 2.19. The largest absolute Gasteiger partial charge is 0.296 e. The molecule has 0 spiro atoms. The highest BCUT2D eigenvalue weighted by Gasteiger charge is 2.17. The summed E-state index contributed by atoms with van der Waals surface area (Å²) in [4.78, 5) is 16.9. The van der Waals surface area contributed by atoms with Crippen molar-refractivity contribution in [2.45, 2.75) is 26.8 Å². The topological polar surface area (TPSA) is 59.8 Å². The Balaban J connectivity index is 1.89. The second-order valence-electron chi connectivity index (χ2n) is 5.29. The molecule has 2 aromatic heterocycles. The summed E-state index contributed by atoms with van der Waals surface area (Å²) < 4.78 is 3.75. The zero-order valence-electron chi connectivity index (χ0n) is 12.4. The standard InChI is InChI=1S/C15H15BrN4OS/c1-8(2)20-12(6-9(3)19-20)14(21)18-15-17-11-5-4-10(16)7-13(11)22-15/h4-8H,1-3H3,(H,17,18,21). The number of carbonyl (C=O) groups is 1. The second-order valence-corrected chi connectivity index (χ2v) is 7.24. The number of anilines is 1. The fourth-order valence-corrected chi connectivity index (χ4v) is 3.61. The zero-order valence-corrected chi connectivity index (χ0v) is 14.8. The third kappa shape index (κ3) is 2.91. The molecular weight excluding hydrogens is 364 g/mol. The van der Waals surface area contributed by atoms with Gasteiger partial charge in [-0.25, -0.2) is 4.98 Å². The highest BCUT2D eigenvalue weighted by molar-refractivity contribution is 9.10. The van der Waals surface area contributed by atoms with Crippen molar-refractivity contribution in [1.29, 1.82) is 0 Å². The predicted octanol–water partition coefficient (Wildman–Crippen LogP) is 4.40. The van der Waals surface area contributed by atoms with Crippen LogP contribution in [0.2, 0.25) is 0 Å². The van der Waals surface area contributed by atoms with Crippen molar-refractivity contribution in [3.05, 3.63) is 40.1 Å². The Bertz CT molecular complexity index is 852. The number of rotatable bonds is 3. The van der Waals surface area contributed by atoms with Gasteiger partial charge in [-0.15, -0.1) is 0 Å². The number of amides is 1. The van der Waals surface area contributed by atoms with E-state index in [4.69, 9.17) is 0 Å². The Labute approximate surface area is 140 Å². The first kappa shape index (κ1) is 15.2. The van der Waals surface area contributed by atoms with E-state index in [-0.39, 0.29) is 11.9 Å². The molecule has 0 aliphatic rings. The number of fused-ring (bicyclic) bond motifs is 1. The zero-order chi connectivity index (χ0) is 15.9. The number of nitrogens with zero attached hydrogens (tertiary/aromatic N) is 3. The van der Waals surface area contributed by atoms with Crippen LogP contribution in [0.15, 0.2) is 28.7 Å². The summed E-state index contributed by atoms with van der Waals surface area (Å²) in [5.74, 6) is -0.188. The van der Waals surface area contributed by atoms with Crippen LogP contribution in [0, 0.1) is 6.92 Å². The third-order valence-electron chi connectivity index (χ3n) is 3.15. The third-order valence-corrected chi connectivity index (χ3v) is 4.58. The van der Waals surface area contributed by atoms with E-state index in [9.17, 15) is 4.79 Å². The normalized spacial score (nSPS) is 11.3. The van der Waals surface area contributed by atoms with Gasteiger partial charge in [0.25, 0.3) is 5.91 Å². The number of halogens is 1. The number of benzene rings is 1. The van der Waals surface area contributed by atoms with Crippen molar-refractivity contribution < 1.29 is 4.79 Å². The molecule has 22 heavy (non-hydrogen) atoms. The average Bonchev–Trinajstić information content (AvgIpc) is 3.01. The molecule has 0 saturated heterocycles. The lowest BCUT2D eigenvalue weighted by Crippen LogP contribution is -2.18. The lowest BCUT2D eigenvalue weighted by molar-refractivity contribution is 0.101. The van der Waals surface area contributed by atoms with E-state index < -0.39 is 0 Å². The molecule has 3 rings (SSSR count). The van der Waals surface area contributed by atoms with Gasteiger partial charge >= 0.3 is 0 Å². The van der Waals surface area contributed by atoms with E-state index in [0.29, 0.717) is 10.8 Å². The van der Waals surface area contributed by atoms with Gasteiger partial charge in [-0.05, 0) is 45.0 Å². The van der Waals surface area contributed by atoms with Gasteiger partial charge < -0.3 is 0 Å². The van der Waals surface area contributed by atoms with Crippen LogP contribution in [0.5, 0.6) is 0 Å². The molecule has 1 aromatic carbocycles. The number of aromatic nitrogens is 3. The van der Waals surface area contributed by atoms with Crippen LogP contribution >= 0.6 is 27.3 Å². The molecule has 0 aliphatic heterocycles. The summed E-state index contributed by atoms with van der Waals surface area (Å²) in [6, 6.07) is 7.77. The molecule has 5 nitrogen and oxygen atoms in total. The van der Waals surface area contributed by atoms with Gasteiger partial charge in [0.05, 0.1) is 15.9 Å². The maximum atomic E-state index is 12.5. The van der Waals surface area contributed by atoms with E-state index in [1.54, 1.807) is 10.7 Å². The second kappa shape index (κ2) is 5.81. The summed E-state index contributed by atoms with van der Waals surface area (Å²) in [5.41, 5.74) is 2.25. The van der Waals surface area contributed by atoms with Gasteiger partial charge in [0, 0.05) is 10.5 Å². The van der Waals surface area contributed by atoms with Crippen LogP contribution < -0.4 is 5.32 Å². The first-order valence-corrected chi connectivity index (χ1v) is 8.48. The Morgan fingerprint density at radius 3 is 2.86 bits per heavy atom. The minimum Gasteiger partial charge on any atom is -0.296 e. The lowest BCUT2D eigenvalue weighted by atomic mass is 10.3. The van der Waals surface area contributed by atoms with Crippen molar-refractivity contribution >= 4 is 48.5 Å². The number of thiazole rings is 1. The Morgan fingerprint density at radius 1 is 1.36 bits per heavy atom. The van der Waals surface area contributed by atoms with Crippen LogP contribution in [0.4, 0.5) is 5.13 Å². The molecule has 114 valence electrons. The van der Waals surface area contributed by atoms with E-state index in [2.05, 4.69) is 31.3 Å². The number of hydrogen-bond donors (Lipinski definition) is 1. The van der Waals surface area contributed by atoms with Gasteiger partial charge in [0.1, 0.15) is 5.69 Å². The minimum atomic E-state index is -0.188. The molecule has 0 radical (unpaired) electrons. The molecule has 1 amide bonds. The quantitative estimate of drug-likeness (QED) is 0.734. The van der Waals surface area contributed by atoms with Gasteiger partial charge in [-0.2, -0.15) is 5.10 Å². The number of carbonyl (C=O) groups excluding carboxylic acids is 1. The fraction of sp³-hybridized carbons (Fsp3) is 0.267. The van der Waals surface area contributed by atoms with E-state index in [1.807, 2.05) is 39.0 Å². The maximum absolute atomic E-state index is 12.5. The molecule has 0 fully saturated rings. The Hall–Kier alpha value is -1.73. The molecule has 0 atom stereocenters. The maximum Gasteiger partial charge on any atom is 0.275 e. The summed E-state index contributed by atoms with van der Waals surface area (Å²) in [7, 11) is 0. The highest BCUT2D eigenvalue weighted by Crippen LogP contribution is 2.28. The molecule has 0 bridgehead atoms. The van der Waals surface area contributed by atoms with Crippen LogP contribution in [0.1, 0.15) is 36.1 Å². The van der Waals surface area contributed by atoms with E-state index in [1.165, 1.54) is 11.3 Å². The molecule has 0 unspecified atom stereocenters. The molecule has 1 N–H and O–H groups in total. The van der Waals surface area contributed by atoms with Crippen molar-refractivity contribution in [3.8, 4) is 0 Å². The molecule has 2 heterocycles. The van der Waals surface area contributed by atoms with Crippen molar-refractivity contribution in [3.63, 3.8) is 0 Å². The first-order chi connectivity index (χ1) is 10.4. The average molecular weight is 379 g/mol. The van der Waals surface area contributed by atoms with Crippen molar-refractivity contribution in [1.82, 2.24) is 14.8 Å². The van der Waals surface area contributed by atoms with Gasteiger partial charge in [0.15, 0.2) is 5.13 Å². The van der Waals surface area contributed by atoms with Gasteiger partial charge in [-0.3, -0.25) is 14.8 Å². The summed E-state index contributed by atoms with van der Waals surface area (Å²) in [6.07, 6.45) is 0. The van der Waals surface area contributed by atoms with Crippen LogP contribution in [-0.2, 0) is 0 Å². The predicted molar refractivity (Wildman–Crippen MR) is 92.6 cm³/mol. The van der Waals surface area contributed by atoms with Crippen LogP contribution in [-0.4, -0.2) is 20.7 Å². The molecular formula is C15H15BrN4OS. The monoisotopic (exact) mass is 378 g/mol. The van der Waals surface area contributed by atoms with Crippen molar-refractivity contribution in [2.24, 2.45) is 0 Å². The molecule has 7 heteroatoms.